The number of rotatable bonds is 5. The number of thiophene rings is 1. The fraction of sp³-hybridized carbons (Fsp3) is 0.444. The third-order valence-corrected chi connectivity index (χ3v) is 5.36. The average molecular weight is 285 g/mol. The molecular formula is C18H23NS. The van der Waals surface area contributed by atoms with E-state index >= 15 is 0 Å². The van der Waals surface area contributed by atoms with Crippen molar-refractivity contribution in [3.8, 4) is 0 Å². The maximum absolute atomic E-state index is 3.79. The summed E-state index contributed by atoms with van der Waals surface area (Å²) >= 11 is 1.88. The van der Waals surface area contributed by atoms with Crippen LogP contribution in [0.4, 0.5) is 5.69 Å². The number of nitrogens with one attached hydrogen (secondary N) is 1. The van der Waals surface area contributed by atoms with E-state index in [4.69, 9.17) is 0 Å². The van der Waals surface area contributed by atoms with Crippen LogP contribution in [0.5, 0.6) is 0 Å². The maximum Gasteiger partial charge on any atom is 0.0634 e. The Morgan fingerprint density at radius 3 is 2.50 bits per heavy atom. The largest absolute Gasteiger partial charge is 0.377 e. The van der Waals surface area contributed by atoms with E-state index in [0.717, 1.165) is 12.3 Å². The van der Waals surface area contributed by atoms with Crippen LogP contribution in [0.15, 0.2) is 41.8 Å². The predicted molar refractivity (Wildman–Crippen MR) is 88.5 cm³/mol. The highest BCUT2D eigenvalue weighted by atomic mass is 32.1. The summed E-state index contributed by atoms with van der Waals surface area (Å²) in [6, 6.07) is 13.9. The minimum Gasteiger partial charge on any atom is -0.377 e. The van der Waals surface area contributed by atoms with Gasteiger partial charge in [0, 0.05) is 10.6 Å². The first-order valence-corrected chi connectivity index (χ1v) is 8.63. The molecule has 1 aliphatic rings. The summed E-state index contributed by atoms with van der Waals surface area (Å²) in [7, 11) is 0. The third-order valence-electron chi connectivity index (χ3n) is 4.41. The SMILES string of the molecule is CCc1ccc(NC(c2cccs2)C2CCCC2)cc1. The van der Waals surface area contributed by atoms with Crippen molar-refractivity contribution in [1.29, 1.82) is 0 Å². The van der Waals surface area contributed by atoms with Crippen molar-refractivity contribution in [3.63, 3.8) is 0 Å². The first-order chi connectivity index (χ1) is 9.86. The summed E-state index contributed by atoms with van der Waals surface area (Å²) in [5, 5.41) is 5.98. The monoisotopic (exact) mass is 285 g/mol. The van der Waals surface area contributed by atoms with Crippen LogP contribution in [-0.2, 0) is 6.42 Å². The molecule has 0 radical (unpaired) electrons. The van der Waals surface area contributed by atoms with Gasteiger partial charge < -0.3 is 5.32 Å². The lowest BCUT2D eigenvalue weighted by Crippen LogP contribution is -2.17. The van der Waals surface area contributed by atoms with Gasteiger partial charge in [-0.25, -0.2) is 0 Å². The van der Waals surface area contributed by atoms with Gasteiger partial charge in [0.2, 0.25) is 0 Å². The van der Waals surface area contributed by atoms with E-state index < -0.39 is 0 Å². The molecule has 1 N–H and O–H groups in total. The molecule has 106 valence electrons. The fourth-order valence-corrected chi connectivity index (χ4v) is 4.07. The first-order valence-electron chi connectivity index (χ1n) is 7.75. The molecule has 2 heteroatoms. The smallest absolute Gasteiger partial charge is 0.0634 e. The molecule has 2 aromatic rings. The lowest BCUT2D eigenvalue weighted by atomic mass is 9.96. The molecule has 3 rings (SSSR count). The third kappa shape index (κ3) is 3.06. The van der Waals surface area contributed by atoms with Crippen molar-refractivity contribution in [2.75, 3.05) is 5.32 Å². The molecule has 0 bridgehead atoms. The van der Waals surface area contributed by atoms with Crippen LogP contribution in [0.25, 0.3) is 0 Å². The summed E-state index contributed by atoms with van der Waals surface area (Å²) in [4.78, 5) is 1.48. The highest BCUT2D eigenvalue weighted by molar-refractivity contribution is 7.10. The van der Waals surface area contributed by atoms with Crippen LogP contribution in [-0.4, -0.2) is 0 Å². The van der Waals surface area contributed by atoms with Gasteiger partial charge in [0.1, 0.15) is 0 Å². The number of hydrogen-bond donors (Lipinski definition) is 1. The molecule has 1 nitrogen and oxygen atoms in total. The van der Waals surface area contributed by atoms with Crippen molar-refractivity contribution in [1.82, 2.24) is 0 Å². The Kier molecular flexibility index (Phi) is 4.41. The summed E-state index contributed by atoms with van der Waals surface area (Å²) < 4.78 is 0. The maximum atomic E-state index is 3.79. The molecule has 1 fully saturated rings. The molecule has 0 saturated heterocycles. The van der Waals surface area contributed by atoms with Crippen molar-refractivity contribution in [2.24, 2.45) is 5.92 Å². The first kappa shape index (κ1) is 13.7. The summed E-state index contributed by atoms with van der Waals surface area (Å²) in [6.07, 6.45) is 6.62. The van der Waals surface area contributed by atoms with E-state index in [2.05, 4.69) is 54.0 Å². The van der Waals surface area contributed by atoms with Crippen molar-refractivity contribution in [3.05, 3.63) is 52.2 Å². The molecule has 0 spiro atoms. The Hall–Kier alpha value is -1.28. The molecule has 1 unspecified atom stereocenters. The number of aryl methyl sites for hydroxylation is 1. The highest BCUT2D eigenvalue weighted by Gasteiger charge is 2.26. The second-order valence-corrected chi connectivity index (χ2v) is 6.71. The van der Waals surface area contributed by atoms with Crippen LogP contribution in [0.1, 0.15) is 49.1 Å². The van der Waals surface area contributed by atoms with Crippen molar-refractivity contribution in [2.45, 2.75) is 45.1 Å². The Labute approximate surface area is 126 Å². The van der Waals surface area contributed by atoms with E-state index in [9.17, 15) is 0 Å². The van der Waals surface area contributed by atoms with Gasteiger partial charge in [0.15, 0.2) is 0 Å². The number of benzene rings is 1. The molecular weight excluding hydrogens is 262 g/mol. The molecule has 1 saturated carbocycles. The molecule has 0 amide bonds. The van der Waals surface area contributed by atoms with E-state index in [-0.39, 0.29) is 0 Å². The van der Waals surface area contributed by atoms with Gasteiger partial charge in [-0.1, -0.05) is 38.0 Å². The van der Waals surface area contributed by atoms with Gasteiger partial charge in [-0.2, -0.15) is 0 Å². The summed E-state index contributed by atoms with van der Waals surface area (Å²) in [5.74, 6) is 0.791. The van der Waals surface area contributed by atoms with Gasteiger partial charge in [0.25, 0.3) is 0 Å². The molecule has 1 aromatic carbocycles. The molecule has 1 heterocycles. The van der Waals surface area contributed by atoms with Crippen LogP contribution < -0.4 is 5.32 Å². The van der Waals surface area contributed by atoms with Crippen LogP contribution in [0.2, 0.25) is 0 Å². The number of anilines is 1. The van der Waals surface area contributed by atoms with Crippen molar-refractivity contribution >= 4 is 17.0 Å². The van der Waals surface area contributed by atoms with E-state index in [1.54, 1.807) is 0 Å². The van der Waals surface area contributed by atoms with E-state index in [0.29, 0.717) is 6.04 Å². The molecule has 1 aliphatic carbocycles. The Morgan fingerprint density at radius 1 is 1.15 bits per heavy atom. The second kappa shape index (κ2) is 6.45. The summed E-state index contributed by atoms with van der Waals surface area (Å²) in [5.41, 5.74) is 2.66. The van der Waals surface area contributed by atoms with Crippen LogP contribution in [0, 0.1) is 5.92 Å². The average Bonchev–Trinajstić information content (AvgIpc) is 3.19. The number of hydrogen-bond acceptors (Lipinski definition) is 2. The second-order valence-electron chi connectivity index (χ2n) is 5.73. The van der Waals surface area contributed by atoms with Crippen molar-refractivity contribution < 1.29 is 0 Å². The molecule has 1 atom stereocenters. The topological polar surface area (TPSA) is 12.0 Å². The Bertz CT molecular complexity index is 509. The molecule has 0 aliphatic heterocycles. The lowest BCUT2D eigenvalue weighted by molar-refractivity contribution is 0.475. The van der Waals surface area contributed by atoms with Gasteiger partial charge >= 0.3 is 0 Å². The zero-order valence-corrected chi connectivity index (χ0v) is 13.0. The van der Waals surface area contributed by atoms with Gasteiger partial charge in [0.05, 0.1) is 6.04 Å². The zero-order chi connectivity index (χ0) is 13.8. The van der Waals surface area contributed by atoms with Gasteiger partial charge in [-0.15, -0.1) is 11.3 Å². The van der Waals surface area contributed by atoms with Gasteiger partial charge in [-0.05, 0) is 54.3 Å². The van der Waals surface area contributed by atoms with Crippen LogP contribution >= 0.6 is 11.3 Å². The Balaban J connectivity index is 1.78. The minimum absolute atomic E-state index is 0.491. The standard InChI is InChI=1S/C18H23NS/c1-2-14-9-11-16(12-10-14)19-18(15-6-3-4-7-15)17-8-5-13-20-17/h5,8-13,15,18-19H,2-4,6-7H2,1H3. The van der Waals surface area contributed by atoms with E-state index in [1.807, 2.05) is 11.3 Å². The van der Waals surface area contributed by atoms with E-state index in [1.165, 1.54) is 41.8 Å². The zero-order valence-electron chi connectivity index (χ0n) is 12.1. The van der Waals surface area contributed by atoms with Crippen LogP contribution in [0.3, 0.4) is 0 Å². The van der Waals surface area contributed by atoms with Gasteiger partial charge in [-0.3, -0.25) is 0 Å². The predicted octanol–water partition coefficient (Wildman–Crippen LogP) is 5.65. The molecule has 20 heavy (non-hydrogen) atoms. The molecule has 1 aromatic heterocycles. The fourth-order valence-electron chi connectivity index (χ4n) is 3.20. The lowest BCUT2D eigenvalue weighted by Gasteiger charge is -2.25. The quantitative estimate of drug-likeness (QED) is 0.748. The minimum atomic E-state index is 0.491. The normalized spacial score (nSPS) is 17.2. The summed E-state index contributed by atoms with van der Waals surface area (Å²) in [6.45, 7) is 2.20. The highest BCUT2D eigenvalue weighted by Crippen LogP contribution is 2.39. The Morgan fingerprint density at radius 2 is 1.90 bits per heavy atom.